The van der Waals surface area contributed by atoms with Crippen molar-refractivity contribution in [1.29, 1.82) is 0 Å². The molecule has 0 saturated heterocycles. The number of nitrogens with one attached hydrogen (secondary N) is 1. The number of ether oxygens (including phenoxy) is 1. The standard InChI is InChI=1S/C20H21BrN2O2/c1-4-9-25-19-8-7-18(21)11-17(19)13-22-23-20(24)12-16-6-5-14(2)10-15(16)3/h4-8,10-11,13H,1,9,12H2,2-3H3,(H,23,24)/b22-13-. The molecule has 2 aromatic rings. The number of hydrazone groups is 1. The smallest absolute Gasteiger partial charge is 0.244 e. The SMILES string of the molecule is C=CCOc1ccc(Br)cc1/C=N\NC(=O)Cc1ccc(C)cc1C. The predicted molar refractivity (Wildman–Crippen MR) is 105 cm³/mol. The lowest BCUT2D eigenvalue weighted by Gasteiger charge is -2.08. The van der Waals surface area contributed by atoms with E-state index in [-0.39, 0.29) is 5.91 Å². The van der Waals surface area contributed by atoms with E-state index in [1.165, 1.54) is 5.56 Å². The van der Waals surface area contributed by atoms with Gasteiger partial charge in [0, 0.05) is 10.0 Å². The Morgan fingerprint density at radius 2 is 2.08 bits per heavy atom. The minimum Gasteiger partial charge on any atom is -0.489 e. The molecule has 0 bridgehead atoms. The molecule has 0 spiro atoms. The van der Waals surface area contributed by atoms with E-state index < -0.39 is 0 Å². The van der Waals surface area contributed by atoms with Crippen molar-refractivity contribution >= 4 is 28.1 Å². The maximum Gasteiger partial charge on any atom is 0.244 e. The minimum atomic E-state index is -0.160. The molecule has 0 saturated carbocycles. The Balaban J connectivity index is 2.01. The quantitative estimate of drug-likeness (QED) is 0.427. The highest BCUT2D eigenvalue weighted by Gasteiger charge is 2.06. The molecular weight excluding hydrogens is 380 g/mol. The number of rotatable bonds is 7. The van der Waals surface area contributed by atoms with Gasteiger partial charge in [-0.2, -0.15) is 5.10 Å². The van der Waals surface area contributed by atoms with Gasteiger partial charge in [-0.3, -0.25) is 4.79 Å². The maximum absolute atomic E-state index is 12.1. The van der Waals surface area contributed by atoms with E-state index in [1.54, 1.807) is 12.3 Å². The lowest BCUT2D eigenvalue weighted by Crippen LogP contribution is -2.20. The molecule has 0 heterocycles. The van der Waals surface area contributed by atoms with Gasteiger partial charge in [0.1, 0.15) is 12.4 Å². The van der Waals surface area contributed by atoms with Crippen molar-refractivity contribution in [3.63, 3.8) is 0 Å². The summed E-state index contributed by atoms with van der Waals surface area (Å²) >= 11 is 3.42. The fraction of sp³-hybridized carbons (Fsp3) is 0.200. The second-order valence-electron chi connectivity index (χ2n) is 5.68. The molecular formula is C20H21BrN2O2. The fourth-order valence-electron chi connectivity index (χ4n) is 2.33. The zero-order valence-corrected chi connectivity index (χ0v) is 16.0. The lowest BCUT2D eigenvalue weighted by molar-refractivity contribution is -0.120. The fourth-order valence-corrected chi connectivity index (χ4v) is 2.71. The number of aryl methyl sites for hydroxylation is 2. The largest absolute Gasteiger partial charge is 0.489 e. The van der Waals surface area contributed by atoms with Crippen LogP contribution in [-0.4, -0.2) is 18.7 Å². The van der Waals surface area contributed by atoms with Crippen LogP contribution in [0.2, 0.25) is 0 Å². The monoisotopic (exact) mass is 400 g/mol. The third-order valence-corrected chi connectivity index (χ3v) is 4.06. The average Bonchev–Trinajstić information content (AvgIpc) is 2.57. The highest BCUT2D eigenvalue weighted by Crippen LogP contribution is 2.21. The number of halogens is 1. The molecule has 130 valence electrons. The molecule has 1 N–H and O–H groups in total. The first-order valence-corrected chi connectivity index (χ1v) is 8.70. The molecule has 2 rings (SSSR count). The molecule has 2 aromatic carbocycles. The first kappa shape index (κ1) is 18.9. The van der Waals surface area contributed by atoms with Crippen LogP contribution in [0.15, 0.2) is 58.6 Å². The van der Waals surface area contributed by atoms with Crippen LogP contribution in [0.3, 0.4) is 0 Å². The Morgan fingerprint density at radius 3 is 2.80 bits per heavy atom. The molecule has 0 atom stereocenters. The Morgan fingerprint density at radius 1 is 1.28 bits per heavy atom. The van der Waals surface area contributed by atoms with E-state index in [4.69, 9.17) is 4.74 Å². The Hall–Kier alpha value is -2.40. The summed E-state index contributed by atoms with van der Waals surface area (Å²) in [5, 5.41) is 4.04. The molecule has 1 amide bonds. The lowest BCUT2D eigenvalue weighted by atomic mass is 10.0. The second kappa shape index (κ2) is 9.18. The van der Waals surface area contributed by atoms with E-state index in [2.05, 4.69) is 39.1 Å². The van der Waals surface area contributed by atoms with Gasteiger partial charge in [0.15, 0.2) is 0 Å². The normalized spacial score (nSPS) is 10.7. The van der Waals surface area contributed by atoms with Crippen LogP contribution >= 0.6 is 15.9 Å². The summed E-state index contributed by atoms with van der Waals surface area (Å²) in [6.07, 6.45) is 3.54. The van der Waals surface area contributed by atoms with Crippen LogP contribution in [-0.2, 0) is 11.2 Å². The predicted octanol–water partition coefficient (Wildman–Crippen LogP) is 4.32. The second-order valence-corrected chi connectivity index (χ2v) is 6.60. The summed E-state index contributed by atoms with van der Waals surface area (Å²) in [4.78, 5) is 12.1. The van der Waals surface area contributed by atoms with Crippen molar-refractivity contribution in [2.75, 3.05) is 6.61 Å². The van der Waals surface area contributed by atoms with Crippen LogP contribution in [0.5, 0.6) is 5.75 Å². The molecule has 0 aliphatic carbocycles. The Bertz CT molecular complexity index is 800. The summed E-state index contributed by atoms with van der Waals surface area (Å²) in [5.41, 5.74) is 6.61. The first-order chi connectivity index (χ1) is 12.0. The molecule has 25 heavy (non-hydrogen) atoms. The van der Waals surface area contributed by atoms with Crippen molar-refractivity contribution < 1.29 is 9.53 Å². The number of carbonyl (C=O) groups excluding carboxylic acids is 1. The summed E-state index contributed by atoms with van der Waals surface area (Å²) in [7, 11) is 0. The van der Waals surface area contributed by atoms with Crippen molar-refractivity contribution in [3.8, 4) is 5.75 Å². The number of hydrogen-bond acceptors (Lipinski definition) is 3. The maximum atomic E-state index is 12.1. The van der Waals surface area contributed by atoms with Crippen LogP contribution in [0.1, 0.15) is 22.3 Å². The zero-order chi connectivity index (χ0) is 18.2. The van der Waals surface area contributed by atoms with E-state index in [0.717, 1.165) is 21.2 Å². The average molecular weight is 401 g/mol. The molecule has 0 radical (unpaired) electrons. The van der Waals surface area contributed by atoms with Gasteiger partial charge >= 0.3 is 0 Å². The van der Waals surface area contributed by atoms with E-state index >= 15 is 0 Å². The molecule has 0 aliphatic heterocycles. The molecule has 0 fully saturated rings. The van der Waals surface area contributed by atoms with Crippen molar-refractivity contribution in [1.82, 2.24) is 5.43 Å². The zero-order valence-electron chi connectivity index (χ0n) is 14.4. The van der Waals surface area contributed by atoms with Gasteiger partial charge in [0.2, 0.25) is 5.91 Å². The van der Waals surface area contributed by atoms with Crippen molar-refractivity contribution in [2.24, 2.45) is 5.10 Å². The highest BCUT2D eigenvalue weighted by molar-refractivity contribution is 9.10. The van der Waals surface area contributed by atoms with E-state index in [1.807, 2.05) is 44.2 Å². The number of hydrogen-bond donors (Lipinski definition) is 1. The summed E-state index contributed by atoms with van der Waals surface area (Å²) in [6.45, 7) is 8.08. The topological polar surface area (TPSA) is 50.7 Å². The van der Waals surface area contributed by atoms with Gasteiger partial charge in [0.05, 0.1) is 12.6 Å². The van der Waals surface area contributed by atoms with E-state index in [0.29, 0.717) is 18.8 Å². The molecule has 5 heteroatoms. The van der Waals surface area contributed by atoms with Crippen molar-refractivity contribution in [2.45, 2.75) is 20.3 Å². The third-order valence-electron chi connectivity index (χ3n) is 3.57. The highest BCUT2D eigenvalue weighted by atomic mass is 79.9. The summed E-state index contributed by atoms with van der Waals surface area (Å²) in [5.74, 6) is 0.516. The van der Waals surface area contributed by atoms with Crippen molar-refractivity contribution in [3.05, 3.63) is 75.8 Å². The summed E-state index contributed by atoms with van der Waals surface area (Å²) < 4.78 is 6.48. The van der Waals surface area contributed by atoms with Crippen LogP contribution in [0.4, 0.5) is 0 Å². The minimum absolute atomic E-state index is 0.160. The Kier molecular flexibility index (Phi) is 6.95. The number of amides is 1. The van der Waals surface area contributed by atoms with Gasteiger partial charge in [-0.1, -0.05) is 52.3 Å². The number of nitrogens with zero attached hydrogens (tertiary/aromatic N) is 1. The van der Waals surface area contributed by atoms with Gasteiger partial charge < -0.3 is 4.74 Å². The molecule has 0 aliphatic rings. The van der Waals surface area contributed by atoms with Crippen LogP contribution < -0.4 is 10.2 Å². The Labute approximate surface area is 156 Å². The van der Waals surface area contributed by atoms with Crippen LogP contribution in [0, 0.1) is 13.8 Å². The van der Waals surface area contributed by atoms with Gasteiger partial charge in [-0.15, -0.1) is 0 Å². The van der Waals surface area contributed by atoms with Gasteiger partial charge in [0.25, 0.3) is 0 Å². The third kappa shape index (κ3) is 5.87. The summed E-state index contributed by atoms with van der Waals surface area (Å²) in [6, 6.07) is 11.6. The van der Waals surface area contributed by atoms with Gasteiger partial charge in [-0.25, -0.2) is 5.43 Å². The van der Waals surface area contributed by atoms with Crippen LogP contribution in [0.25, 0.3) is 0 Å². The molecule has 4 nitrogen and oxygen atoms in total. The first-order valence-electron chi connectivity index (χ1n) is 7.91. The van der Waals surface area contributed by atoms with E-state index in [9.17, 15) is 4.79 Å². The number of carbonyl (C=O) groups is 1. The number of benzene rings is 2. The molecule has 0 unspecified atom stereocenters. The molecule has 0 aromatic heterocycles. The van der Waals surface area contributed by atoms with Gasteiger partial charge in [-0.05, 0) is 43.2 Å².